The van der Waals surface area contributed by atoms with Crippen LogP contribution in [0, 0.1) is 0 Å². The maximum absolute atomic E-state index is 9.55. The first-order valence-corrected chi connectivity index (χ1v) is 9.14. The van der Waals surface area contributed by atoms with E-state index in [1.54, 1.807) is 11.3 Å². The molecular weight excluding hydrogens is 282 g/mol. The van der Waals surface area contributed by atoms with Crippen molar-refractivity contribution in [2.45, 2.75) is 64.6 Å². The number of fused-ring (bicyclic) bond motifs is 1. The molecule has 0 aromatic carbocycles. The van der Waals surface area contributed by atoms with Crippen LogP contribution < -0.4 is 4.90 Å². The number of nitrogens with zero attached hydrogens (tertiary/aromatic N) is 3. The van der Waals surface area contributed by atoms with Gasteiger partial charge in [-0.05, 0) is 32.7 Å². The summed E-state index contributed by atoms with van der Waals surface area (Å²) < 4.78 is 0. The van der Waals surface area contributed by atoms with E-state index in [-0.39, 0.29) is 6.61 Å². The van der Waals surface area contributed by atoms with Gasteiger partial charge in [-0.2, -0.15) is 0 Å². The average molecular weight is 309 g/mol. The number of aryl methyl sites for hydroxylation is 1. The highest BCUT2D eigenvalue weighted by atomic mass is 32.1. The van der Waals surface area contributed by atoms with E-state index in [9.17, 15) is 5.11 Å². The third-order valence-corrected chi connectivity index (χ3v) is 5.95. The molecule has 0 amide bonds. The smallest absolute Gasteiger partial charge is 0.186 e. The molecule has 0 saturated carbocycles. The highest BCUT2D eigenvalue weighted by Crippen LogP contribution is 2.33. The SMILES string of the molecule is CCCc1nc(N2CC3CCCCN3CC2C)sc1CO. The zero-order chi connectivity index (χ0) is 14.8. The topological polar surface area (TPSA) is 39.6 Å². The Morgan fingerprint density at radius 1 is 1.33 bits per heavy atom. The van der Waals surface area contributed by atoms with E-state index in [1.165, 1.54) is 25.8 Å². The van der Waals surface area contributed by atoms with Gasteiger partial charge >= 0.3 is 0 Å². The molecule has 0 radical (unpaired) electrons. The molecule has 2 atom stereocenters. The average Bonchev–Trinajstić information content (AvgIpc) is 2.90. The Morgan fingerprint density at radius 2 is 2.19 bits per heavy atom. The summed E-state index contributed by atoms with van der Waals surface area (Å²) in [6, 6.07) is 1.22. The quantitative estimate of drug-likeness (QED) is 0.928. The number of hydrogen-bond donors (Lipinski definition) is 1. The van der Waals surface area contributed by atoms with Crippen LogP contribution in [0.4, 0.5) is 5.13 Å². The number of aliphatic hydroxyl groups excluding tert-OH is 1. The lowest BCUT2D eigenvalue weighted by molar-refractivity contribution is 0.115. The van der Waals surface area contributed by atoms with Crippen LogP contribution in [-0.4, -0.2) is 46.7 Å². The maximum atomic E-state index is 9.55. The second-order valence-corrected chi connectivity index (χ2v) is 7.48. The third kappa shape index (κ3) is 3.10. The van der Waals surface area contributed by atoms with Crippen LogP contribution in [0.1, 0.15) is 50.1 Å². The first-order valence-electron chi connectivity index (χ1n) is 8.33. The molecule has 0 bridgehead atoms. The van der Waals surface area contributed by atoms with Gasteiger partial charge < -0.3 is 10.0 Å². The van der Waals surface area contributed by atoms with Crippen LogP contribution in [0.25, 0.3) is 0 Å². The molecule has 1 N–H and O–H groups in total. The van der Waals surface area contributed by atoms with Crippen LogP contribution in [0.2, 0.25) is 0 Å². The standard InChI is InChI=1S/C16H27N3OS/c1-3-6-14-15(11-20)21-16(17-14)19-10-13-7-4-5-8-18(13)9-12(19)2/h12-13,20H,3-11H2,1-2H3. The van der Waals surface area contributed by atoms with E-state index in [2.05, 4.69) is 23.6 Å². The van der Waals surface area contributed by atoms with Crippen molar-refractivity contribution in [1.82, 2.24) is 9.88 Å². The highest BCUT2D eigenvalue weighted by Gasteiger charge is 2.34. The molecule has 3 heterocycles. The van der Waals surface area contributed by atoms with Gasteiger partial charge in [-0.1, -0.05) is 31.1 Å². The van der Waals surface area contributed by atoms with Gasteiger partial charge in [-0.15, -0.1) is 0 Å². The lowest BCUT2D eigenvalue weighted by atomic mass is 9.97. The zero-order valence-electron chi connectivity index (χ0n) is 13.2. The van der Waals surface area contributed by atoms with Gasteiger partial charge in [0.15, 0.2) is 5.13 Å². The fourth-order valence-corrected chi connectivity index (χ4v) is 4.74. The van der Waals surface area contributed by atoms with Gasteiger partial charge in [0.1, 0.15) is 0 Å². The molecule has 2 aliphatic rings. The van der Waals surface area contributed by atoms with Gasteiger partial charge in [-0.3, -0.25) is 4.90 Å². The van der Waals surface area contributed by atoms with E-state index in [0.717, 1.165) is 41.6 Å². The van der Waals surface area contributed by atoms with E-state index in [1.807, 2.05) is 0 Å². The second-order valence-electron chi connectivity index (χ2n) is 6.42. The fraction of sp³-hybridized carbons (Fsp3) is 0.812. The summed E-state index contributed by atoms with van der Waals surface area (Å²) in [6.07, 6.45) is 6.11. The maximum Gasteiger partial charge on any atom is 0.186 e. The lowest BCUT2D eigenvalue weighted by Crippen LogP contribution is -2.58. The van der Waals surface area contributed by atoms with E-state index >= 15 is 0 Å². The van der Waals surface area contributed by atoms with Crippen LogP contribution in [-0.2, 0) is 13.0 Å². The Labute approximate surface area is 131 Å². The van der Waals surface area contributed by atoms with E-state index < -0.39 is 0 Å². The molecule has 2 unspecified atom stereocenters. The molecule has 118 valence electrons. The van der Waals surface area contributed by atoms with Gasteiger partial charge in [-0.25, -0.2) is 4.98 Å². The summed E-state index contributed by atoms with van der Waals surface area (Å²) in [4.78, 5) is 11.1. The number of piperazine rings is 1. The summed E-state index contributed by atoms with van der Waals surface area (Å²) in [5, 5.41) is 10.7. The lowest BCUT2D eigenvalue weighted by Gasteiger charge is -2.47. The summed E-state index contributed by atoms with van der Waals surface area (Å²) in [6.45, 7) is 8.13. The van der Waals surface area contributed by atoms with Gasteiger partial charge in [0.05, 0.1) is 17.2 Å². The van der Waals surface area contributed by atoms with Crippen molar-refractivity contribution >= 4 is 16.5 Å². The molecule has 2 aliphatic heterocycles. The van der Waals surface area contributed by atoms with Gasteiger partial charge in [0.2, 0.25) is 0 Å². The monoisotopic (exact) mass is 309 g/mol. The minimum absolute atomic E-state index is 0.130. The number of hydrogen-bond acceptors (Lipinski definition) is 5. The van der Waals surface area contributed by atoms with Crippen LogP contribution >= 0.6 is 11.3 Å². The summed E-state index contributed by atoms with van der Waals surface area (Å²) in [7, 11) is 0. The van der Waals surface area contributed by atoms with Crippen molar-refractivity contribution in [2.75, 3.05) is 24.5 Å². The van der Waals surface area contributed by atoms with Gasteiger partial charge in [0, 0.05) is 25.2 Å². The zero-order valence-corrected chi connectivity index (χ0v) is 14.0. The summed E-state index contributed by atoms with van der Waals surface area (Å²) in [5.41, 5.74) is 1.11. The van der Waals surface area contributed by atoms with Gasteiger partial charge in [0.25, 0.3) is 0 Å². The van der Waals surface area contributed by atoms with Crippen LogP contribution in [0.15, 0.2) is 0 Å². The van der Waals surface area contributed by atoms with Crippen molar-refractivity contribution in [1.29, 1.82) is 0 Å². The molecular formula is C16H27N3OS. The second kappa shape index (κ2) is 6.63. The molecule has 3 rings (SSSR count). The Hall–Kier alpha value is -0.650. The summed E-state index contributed by atoms with van der Waals surface area (Å²) >= 11 is 1.70. The largest absolute Gasteiger partial charge is 0.391 e. The molecule has 2 fully saturated rings. The fourth-order valence-electron chi connectivity index (χ4n) is 3.67. The molecule has 0 spiro atoms. The third-order valence-electron chi connectivity index (χ3n) is 4.83. The Bertz CT molecular complexity index is 476. The molecule has 1 aromatic heterocycles. The number of thiazole rings is 1. The predicted molar refractivity (Wildman–Crippen MR) is 88.1 cm³/mol. The molecule has 21 heavy (non-hydrogen) atoms. The molecule has 2 saturated heterocycles. The Kier molecular flexibility index (Phi) is 4.82. The Balaban J connectivity index is 1.79. The van der Waals surface area contributed by atoms with Crippen molar-refractivity contribution in [2.24, 2.45) is 0 Å². The highest BCUT2D eigenvalue weighted by molar-refractivity contribution is 7.15. The van der Waals surface area contributed by atoms with Crippen LogP contribution in [0.5, 0.6) is 0 Å². The normalized spacial score (nSPS) is 26.9. The van der Waals surface area contributed by atoms with Crippen LogP contribution in [0.3, 0.4) is 0 Å². The first-order chi connectivity index (χ1) is 10.2. The number of rotatable bonds is 4. The molecule has 4 nitrogen and oxygen atoms in total. The van der Waals surface area contributed by atoms with Crippen molar-refractivity contribution in [3.05, 3.63) is 10.6 Å². The molecule has 1 aromatic rings. The first kappa shape index (κ1) is 15.3. The summed E-state index contributed by atoms with van der Waals surface area (Å²) in [5.74, 6) is 0. The van der Waals surface area contributed by atoms with E-state index in [0.29, 0.717) is 12.1 Å². The number of piperidine rings is 1. The van der Waals surface area contributed by atoms with Crippen molar-refractivity contribution in [3.8, 4) is 0 Å². The number of aromatic nitrogens is 1. The minimum atomic E-state index is 0.130. The number of aliphatic hydroxyl groups is 1. The van der Waals surface area contributed by atoms with Crippen molar-refractivity contribution < 1.29 is 5.11 Å². The number of anilines is 1. The van der Waals surface area contributed by atoms with Crippen molar-refractivity contribution in [3.63, 3.8) is 0 Å². The minimum Gasteiger partial charge on any atom is -0.391 e. The predicted octanol–water partition coefficient (Wildman–Crippen LogP) is 2.65. The van der Waals surface area contributed by atoms with E-state index in [4.69, 9.17) is 4.98 Å². The molecule has 5 heteroatoms. The molecule has 0 aliphatic carbocycles. The Morgan fingerprint density at radius 3 is 2.95 bits per heavy atom.